The van der Waals surface area contributed by atoms with Crippen LogP contribution >= 0.6 is 0 Å². The minimum absolute atomic E-state index is 0.391. The van der Waals surface area contributed by atoms with Crippen LogP contribution in [0.15, 0.2) is 24.3 Å². The van der Waals surface area contributed by atoms with Crippen molar-refractivity contribution in [3.05, 3.63) is 29.8 Å². The van der Waals surface area contributed by atoms with Gasteiger partial charge in [-0.15, -0.1) is 0 Å². The van der Waals surface area contributed by atoms with Gasteiger partial charge in [-0.1, -0.05) is 31.0 Å². The van der Waals surface area contributed by atoms with Crippen LogP contribution in [0.1, 0.15) is 44.3 Å². The molecule has 0 aliphatic heterocycles. The van der Waals surface area contributed by atoms with E-state index in [9.17, 15) is 5.11 Å². The Bertz CT molecular complexity index is 356. The van der Waals surface area contributed by atoms with Gasteiger partial charge >= 0.3 is 0 Å². The van der Waals surface area contributed by atoms with Crippen molar-refractivity contribution in [2.75, 3.05) is 18.5 Å². The van der Waals surface area contributed by atoms with Crippen molar-refractivity contribution in [3.8, 4) is 0 Å². The van der Waals surface area contributed by atoms with Crippen LogP contribution in [0.4, 0.5) is 5.69 Å². The summed E-state index contributed by atoms with van der Waals surface area (Å²) in [5.74, 6) is 0.835. The lowest BCUT2D eigenvalue weighted by atomic mass is 10.0. The molecule has 17 heavy (non-hydrogen) atoms. The Hall–Kier alpha value is -1.02. The smallest absolute Gasteiger partial charge is 0.0781 e. The summed E-state index contributed by atoms with van der Waals surface area (Å²) in [4.78, 5) is 2.30. The summed E-state index contributed by atoms with van der Waals surface area (Å²) < 4.78 is 0. The molecule has 1 fully saturated rings. The molecule has 2 rings (SSSR count). The predicted octanol–water partition coefficient (Wildman–Crippen LogP) is 3.37. The maximum atomic E-state index is 9.79. The molecule has 1 atom stereocenters. The lowest BCUT2D eigenvalue weighted by Gasteiger charge is -2.26. The average Bonchev–Trinajstić information content (AvgIpc) is 2.81. The fourth-order valence-corrected chi connectivity index (χ4v) is 2.87. The van der Waals surface area contributed by atoms with Crippen LogP contribution in [-0.2, 0) is 0 Å². The number of anilines is 1. The Morgan fingerprint density at radius 3 is 2.59 bits per heavy atom. The largest absolute Gasteiger partial charge is 0.389 e. The van der Waals surface area contributed by atoms with E-state index < -0.39 is 6.10 Å². The highest BCUT2D eigenvalue weighted by Gasteiger charge is 2.18. The van der Waals surface area contributed by atoms with E-state index in [2.05, 4.69) is 18.0 Å². The van der Waals surface area contributed by atoms with Crippen molar-refractivity contribution < 1.29 is 5.11 Å². The van der Waals surface area contributed by atoms with E-state index in [1.54, 1.807) is 0 Å². The van der Waals surface area contributed by atoms with Crippen LogP contribution < -0.4 is 4.90 Å². The summed E-state index contributed by atoms with van der Waals surface area (Å²) in [5, 5.41) is 9.79. The van der Waals surface area contributed by atoms with Crippen LogP contribution in [0.5, 0.6) is 0 Å². The van der Waals surface area contributed by atoms with E-state index in [1.165, 1.54) is 31.4 Å². The summed E-state index contributed by atoms with van der Waals surface area (Å²) in [6, 6.07) is 8.17. The fourth-order valence-electron chi connectivity index (χ4n) is 2.87. The van der Waals surface area contributed by atoms with Gasteiger partial charge in [-0.2, -0.15) is 0 Å². The number of para-hydroxylation sites is 1. The standard InChI is InChI=1S/C15H23NO/c1-12(17)14-9-5-6-10-15(14)16(2)11-13-7-3-4-8-13/h5-6,9-10,12-13,17H,3-4,7-8,11H2,1-2H3. The molecule has 1 saturated carbocycles. The van der Waals surface area contributed by atoms with E-state index >= 15 is 0 Å². The quantitative estimate of drug-likeness (QED) is 0.862. The Labute approximate surface area is 104 Å². The molecule has 1 aromatic carbocycles. The van der Waals surface area contributed by atoms with Gasteiger partial charge in [-0.05, 0) is 31.7 Å². The molecular formula is C15H23NO. The maximum absolute atomic E-state index is 9.79. The Kier molecular flexibility index (Phi) is 4.06. The third-order valence-electron chi connectivity index (χ3n) is 3.80. The summed E-state index contributed by atoms with van der Waals surface area (Å²) in [6.45, 7) is 2.95. The van der Waals surface area contributed by atoms with Crippen LogP contribution in [0.2, 0.25) is 0 Å². The number of hydrogen-bond acceptors (Lipinski definition) is 2. The second kappa shape index (κ2) is 5.54. The van der Waals surface area contributed by atoms with Gasteiger partial charge in [0.05, 0.1) is 6.10 Å². The number of benzene rings is 1. The van der Waals surface area contributed by atoms with Crippen molar-refractivity contribution in [1.29, 1.82) is 0 Å². The van der Waals surface area contributed by atoms with Crippen LogP contribution in [0, 0.1) is 5.92 Å². The molecule has 0 spiro atoms. The van der Waals surface area contributed by atoms with Crippen molar-refractivity contribution >= 4 is 5.69 Å². The molecule has 2 nitrogen and oxygen atoms in total. The van der Waals surface area contributed by atoms with Crippen LogP contribution in [0.3, 0.4) is 0 Å². The molecule has 1 N–H and O–H groups in total. The van der Waals surface area contributed by atoms with Gasteiger partial charge in [0.25, 0.3) is 0 Å². The lowest BCUT2D eigenvalue weighted by Crippen LogP contribution is -2.25. The maximum Gasteiger partial charge on any atom is 0.0781 e. The summed E-state index contributed by atoms with van der Waals surface area (Å²) in [6.07, 6.45) is 5.10. The van der Waals surface area contributed by atoms with Gasteiger partial charge in [-0.3, -0.25) is 0 Å². The highest BCUT2D eigenvalue weighted by atomic mass is 16.3. The van der Waals surface area contributed by atoms with Crippen molar-refractivity contribution in [1.82, 2.24) is 0 Å². The Morgan fingerprint density at radius 1 is 1.29 bits per heavy atom. The van der Waals surface area contributed by atoms with Gasteiger partial charge in [0.2, 0.25) is 0 Å². The number of hydrogen-bond donors (Lipinski definition) is 1. The van der Waals surface area contributed by atoms with E-state index in [1.807, 2.05) is 25.1 Å². The first kappa shape index (κ1) is 12.4. The third-order valence-corrected chi connectivity index (χ3v) is 3.80. The number of aliphatic hydroxyl groups is 1. The van der Waals surface area contributed by atoms with Crippen molar-refractivity contribution in [2.24, 2.45) is 5.92 Å². The minimum atomic E-state index is -0.391. The van der Waals surface area contributed by atoms with Gasteiger partial charge in [0.15, 0.2) is 0 Å². The number of rotatable bonds is 4. The topological polar surface area (TPSA) is 23.5 Å². The highest BCUT2D eigenvalue weighted by Crippen LogP contribution is 2.30. The molecule has 1 unspecified atom stereocenters. The molecule has 1 aliphatic carbocycles. The predicted molar refractivity (Wildman–Crippen MR) is 72.3 cm³/mol. The molecule has 0 radical (unpaired) electrons. The zero-order chi connectivity index (χ0) is 12.3. The zero-order valence-corrected chi connectivity index (χ0v) is 10.9. The molecular weight excluding hydrogens is 210 g/mol. The first-order valence-corrected chi connectivity index (χ1v) is 6.66. The molecule has 0 aromatic heterocycles. The van der Waals surface area contributed by atoms with E-state index in [0.29, 0.717) is 0 Å². The van der Waals surface area contributed by atoms with Gasteiger partial charge in [0, 0.05) is 24.8 Å². The molecule has 0 amide bonds. The third kappa shape index (κ3) is 3.01. The van der Waals surface area contributed by atoms with Gasteiger partial charge < -0.3 is 10.0 Å². The second-order valence-corrected chi connectivity index (χ2v) is 5.27. The van der Waals surface area contributed by atoms with E-state index in [4.69, 9.17) is 0 Å². The summed E-state index contributed by atoms with van der Waals surface area (Å²) in [5.41, 5.74) is 2.21. The molecule has 0 bridgehead atoms. The highest BCUT2D eigenvalue weighted by molar-refractivity contribution is 5.53. The van der Waals surface area contributed by atoms with Crippen LogP contribution in [0.25, 0.3) is 0 Å². The average molecular weight is 233 g/mol. The Morgan fingerprint density at radius 2 is 1.94 bits per heavy atom. The van der Waals surface area contributed by atoms with Gasteiger partial charge in [-0.25, -0.2) is 0 Å². The monoisotopic (exact) mass is 233 g/mol. The second-order valence-electron chi connectivity index (χ2n) is 5.27. The molecule has 1 aromatic rings. The number of aliphatic hydroxyl groups excluding tert-OH is 1. The van der Waals surface area contributed by atoms with Crippen molar-refractivity contribution in [2.45, 2.75) is 38.7 Å². The minimum Gasteiger partial charge on any atom is -0.389 e. The SMILES string of the molecule is CC(O)c1ccccc1N(C)CC1CCCC1. The Balaban J connectivity index is 2.09. The van der Waals surface area contributed by atoms with Gasteiger partial charge in [0.1, 0.15) is 0 Å². The molecule has 1 aliphatic rings. The first-order chi connectivity index (χ1) is 8.18. The summed E-state index contributed by atoms with van der Waals surface area (Å²) in [7, 11) is 2.14. The first-order valence-electron chi connectivity index (χ1n) is 6.66. The van der Waals surface area contributed by atoms with Crippen molar-refractivity contribution in [3.63, 3.8) is 0 Å². The fraction of sp³-hybridized carbons (Fsp3) is 0.600. The molecule has 0 saturated heterocycles. The summed E-state index contributed by atoms with van der Waals surface area (Å²) >= 11 is 0. The molecule has 2 heteroatoms. The normalized spacial score (nSPS) is 18.3. The number of nitrogens with zero attached hydrogens (tertiary/aromatic N) is 1. The zero-order valence-electron chi connectivity index (χ0n) is 10.9. The molecule has 0 heterocycles. The van der Waals surface area contributed by atoms with Crippen LogP contribution in [-0.4, -0.2) is 18.7 Å². The van der Waals surface area contributed by atoms with E-state index in [-0.39, 0.29) is 0 Å². The molecule has 94 valence electrons. The lowest BCUT2D eigenvalue weighted by molar-refractivity contribution is 0.199. The van der Waals surface area contributed by atoms with E-state index in [0.717, 1.165) is 18.0 Å².